The van der Waals surface area contributed by atoms with Gasteiger partial charge in [0.05, 0.1) is 7.11 Å². The van der Waals surface area contributed by atoms with Crippen LogP contribution in [0.4, 0.5) is 0 Å². The fourth-order valence-electron chi connectivity index (χ4n) is 2.31. The number of ether oxygens (including phenoxy) is 2. The molecule has 7 nitrogen and oxygen atoms in total. The number of pyridine rings is 1. The summed E-state index contributed by atoms with van der Waals surface area (Å²) in [5.41, 5.74) is -0.0830. The molecule has 7 heteroatoms. The molecule has 0 unspecified atom stereocenters. The van der Waals surface area contributed by atoms with Gasteiger partial charge in [-0.1, -0.05) is 12.1 Å². The number of imidazole rings is 1. The van der Waals surface area contributed by atoms with Crippen molar-refractivity contribution < 1.29 is 24.5 Å². The maximum atomic E-state index is 11.3. The van der Waals surface area contributed by atoms with Gasteiger partial charge < -0.3 is 19.7 Å². The number of carbonyl (C=O) groups is 1. The Morgan fingerprint density at radius 2 is 1.96 bits per heavy atom. The summed E-state index contributed by atoms with van der Waals surface area (Å²) in [7, 11) is 1.54. The summed E-state index contributed by atoms with van der Waals surface area (Å²) in [6, 6.07) is 10.1. The van der Waals surface area contributed by atoms with E-state index in [1.807, 2.05) is 6.07 Å². The van der Waals surface area contributed by atoms with Gasteiger partial charge >= 0.3 is 5.97 Å². The highest BCUT2D eigenvalue weighted by Crippen LogP contribution is 2.28. The lowest BCUT2D eigenvalue weighted by molar-refractivity contribution is 0.0692. The van der Waals surface area contributed by atoms with Crippen LogP contribution in [0.3, 0.4) is 0 Å². The summed E-state index contributed by atoms with van der Waals surface area (Å²) in [4.78, 5) is 15.4. The minimum atomic E-state index is -1.22. The molecule has 0 amide bonds. The second kappa shape index (κ2) is 5.88. The lowest BCUT2D eigenvalue weighted by atomic mass is 10.3. The minimum Gasteiger partial charge on any atom is -0.506 e. The molecular formula is C16H14N2O5. The number of para-hydroxylation sites is 2. The molecule has 0 aliphatic heterocycles. The molecule has 2 N–H and O–H groups in total. The number of carboxylic acid groups (broad SMARTS) is 1. The van der Waals surface area contributed by atoms with Crippen molar-refractivity contribution in [2.45, 2.75) is 6.61 Å². The van der Waals surface area contributed by atoms with E-state index < -0.39 is 5.97 Å². The summed E-state index contributed by atoms with van der Waals surface area (Å²) in [5.74, 6) is 0.0751. The number of aromatic hydroxyl groups is 1. The fraction of sp³-hybridized carbons (Fsp3) is 0.125. The molecule has 1 aromatic carbocycles. The molecule has 0 spiro atoms. The molecule has 2 heterocycles. The van der Waals surface area contributed by atoms with Gasteiger partial charge in [-0.25, -0.2) is 9.78 Å². The van der Waals surface area contributed by atoms with Crippen molar-refractivity contribution in [1.82, 2.24) is 9.38 Å². The molecule has 0 aliphatic carbocycles. The Balaban J connectivity index is 1.98. The van der Waals surface area contributed by atoms with E-state index >= 15 is 0 Å². The first-order valence-corrected chi connectivity index (χ1v) is 6.80. The monoisotopic (exact) mass is 314 g/mol. The molecule has 3 rings (SSSR count). The smallest absolute Gasteiger partial charge is 0.356 e. The third-order valence-electron chi connectivity index (χ3n) is 3.34. The Kier molecular flexibility index (Phi) is 3.76. The number of rotatable bonds is 5. The Morgan fingerprint density at radius 3 is 2.65 bits per heavy atom. The van der Waals surface area contributed by atoms with Crippen LogP contribution in [0.25, 0.3) is 5.52 Å². The predicted molar refractivity (Wildman–Crippen MR) is 81.1 cm³/mol. The van der Waals surface area contributed by atoms with Gasteiger partial charge in [0.15, 0.2) is 23.0 Å². The quantitative estimate of drug-likeness (QED) is 0.751. The van der Waals surface area contributed by atoms with Crippen LogP contribution < -0.4 is 9.47 Å². The third-order valence-corrected chi connectivity index (χ3v) is 3.34. The number of aromatic nitrogens is 2. The zero-order chi connectivity index (χ0) is 16.4. The van der Waals surface area contributed by atoms with Gasteiger partial charge in [-0.05, 0) is 24.3 Å². The molecular weight excluding hydrogens is 300 g/mol. The van der Waals surface area contributed by atoms with Crippen molar-refractivity contribution in [1.29, 1.82) is 0 Å². The first kappa shape index (κ1) is 14.7. The summed E-state index contributed by atoms with van der Waals surface area (Å²) >= 11 is 0. The number of hydrogen-bond donors (Lipinski definition) is 2. The van der Waals surface area contributed by atoms with E-state index in [2.05, 4.69) is 4.98 Å². The highest BCUT2D eigenvalue weighted by atomic mass is 16.5. The minimum absolute atomic E-state index is 0.0261. The van der Waals surface area contributed by atoms with Gasteiger partial charge in [-0.15, -0.1) is 0 Å². The fourth-order valence-corrected chi connectivity index (χ4v) is 2.31. The van der Waals surface area contributed by atoms with E-state index in [4.69, 9.17) is 9.47 Å². The average Bonchev–Trinajstić information content (AvgIpc) is 2.93. The summed E-state index contributed by atoms with van der Waals surface area (Å²) in [6.45, 7) is 0.0261. The first-order valence-electron chi connectivity index (χ1n) is 6.80. The molecule has 0 saturated heterocycles. The van der Waals surface area contributed by atoms with E-state index in [0.29, 0.717) is 17.3 Å². The second-order valence-electron chi connectivity index (χ2n) is 4.73. The van der Waals surface area contributed by atoms with Crippen LogP contribution in [0.5, 0.6) is 17.2 Å². The van der Waals surface area contributed by atoms with E-state index in [0.717, 1.165) is 0 Å². The van der Waals surface area contributed by atoms with Crippen LogP contribution in [0.2, 0.25) is 0 Å². The highest BCUT2D eigenvalue weighted by molar-refractivity contribution is 5.95. The highest BCUT2D eigenvalue weighted by Gasteiger charge is 2.20. The summed E-state index contributed by atoms with van der Waals surface area (Å²) in [5, 5.41) is 19.1. The largest absolute Gasteiger partial charge is 0.506 e. The SMILES string of the molecule is COc1ccccc1OCc1nc(C(=O)O)c2c(O)cccn12. The van der Waals surface area contributed by atoms with Gasteiger partial charge in [0.2, 0.25) is 0 Å². The number of fused-ring (bicyclic) bond motifs is 1. The summed E-state index contributed by atoms with van der Waals surface area (Å²) < 4.78 is 12.4. The molecule has 0 aliphatic rings. The molecule has 0 fully saturated rings. The van der Waals surface area contributed by atoms with E-state index in [1.165, 1.54) is 17.6 Å². The Bertz CT molecular complexity index is 872. The third kappa shape index (κ3) is 2.64. The zero-order valence-corrected chi connectivity index (χ0v) is 12.3. The van der Waals surface area contributed by atoms with Crippen molar-refractivity contribution >= 4 is 11.5 Å². The number of carboxylic acids is 1. The summed E-state index contributed by atoms with van der Waals surface area (Å²) in [6.07, 6.45) is 1.62. The Labute approximate surface area is 131 Å². The van der Waals surface area contributed by atoms with Crippen molar-refractivity contribution in [3.63, 3.8) is 0 Å². The lowest BCUT2D eigenvalue weighted by Gasteiger charge is -2.09. The molecule has 118 valence electrons. The molecule has 0 saturated carbocycles. The molecule has 0 atom stereocenters. The topological polar surface area (TPSA) is 93.3 Å². The van der Waals surface area contributed by atoms with Crippen LogP contribution in [0.15, 0.2) is 42.6 Å². The van der Waals surface area contributed by atoms with E-state index in [9.17, 15) is 15.0 Å². The normalized spacial score (nSPS) is 10.7. The van der Waals surface area contributed by atoms with E-state index in [-0.39, 0.29) is 23.6 Å². The number of nitrogens with zero attached hydrogens (tertiary/aromatic N) is 2. The number of benzene rings is 1. The van der Waals surface area contributed by atoms with Gasteiger partial charge in [0, 0.05) is 6.20 Å². The van der Waals surface area contributed by atoms with Crippen LogP contribution in [-0.4, -0.2) is 32.7 Å². The van der Waals surface area contributed by atoms with Crippen LogP contribution in [0.1, 0.15) is 16.3 Å². The number of aromatic carboxylic acids is 1. The maximum absolute atomic E-state index is 11.3. The zero-order valence-electron chi connectivity index (χ0n) is 12.3. The van der Waals surface area contributed by atoms with Crippen LogP contribution in [-0.2, 0) is 6.61 Å². The Hall–Kier alpha value is -3.22. The predicted octanol–water partition coefficient (Wildman–Crippen LogP) is 2.33. The number of hydrogen-bond acceptors (Lipinski definition) is 5. The van der Waals surface area contributed by atoms with Gasteiger partial charge in [-0.2, -0.15) is 0 Å². The Morgan fingerprint density at radius 1 is 1.22 bits per heavy atom. The second-order valence-corrected chi connectivity index (χ2v) is 4.73. The maximum Gasteiger partial charge on any atom is 0.356 e. The van der Waals surface area contributed by atoms with Gasteiger partial charge in [0.1, 0.15) is 17.9 Å². The molecule has 0 radical (unpaired) electrons. The molecule has 3 aromatic rings. The molecule has 23 heavy (non-hydrogen) atoms. The van der Waals surface area contributed by atoms with Crippen molar-refractivity contribution in [3.05, 3.63) is 54.1 Å². The van der Waals surface area contributed by atoms with Crippen LogP contribution in [0, 0.1) is 0 Å². The average molecular weight is 314 g/mol. The van der Waals surface area contributed by atoms with Crippen molar-refractivity contribution in [2.75, 3.05) is 7.11 Å². The van der Waals surface area contributed by atoms with Gasteiger partial charge in [-0.3, -0.25) is 4.40 Å². The first-order chi connectivity index (χ1) is 11.1. The van der Waals surface area contributed by atoms with Crippen molar-refractivity contribution in [2.24, 2.45) is 0 Å². The van der Waals surface area contributed by atoms with E-state index in [1.54, 1.807) is 30.5 Å². The molecule has 2 aromatic heterocycles. The van der Waals surface area contributed by atoms with Crippen LogP contribution >= 0.6 is 0 Å². The molecule has 0 bridgehead atoms. The number of methoxy groups -OCH3 is 1. The standard InChI is InChI=1S/C16H14N2O5/c1-22-11-6-2-3-7-12(11)23-9-13-17-14(16(20)21)15-10(19)5-4-8-18(13)15/h2-8,19H,9H2,1H3,(H,20,21). The van der Waals surface area contributed by atoms with Crippen molar-refractivity contribution in [3.8, 4) is 17.2 Å². The van der Waals surface area contributed by atoms with Gasteiger partial charge in [0.25, 0.3) is 0 Å². The lowest BCUT2D eigenvalue weighted by Crippen LogP contribution is -2.02.